The predicted molar refractivity (Wildman–Crippen MR) is 42.1 cm³/mol. The Labute approximate surface area is 66.8 Å². The average molecular weight is 154 g/mol. The molecule has 0 aliphatic carbocycles. The van der Waals surface area contributed by atoms with Crippen LogP contribution in [0.4, 0.5) is 0 Å². The summed E-state index contributed by atoms with van der Waals surface area (Å²) in [6.07, 6.45) is 0.976. The largest absolute Gasteiger partial charge is 0.344 e. The fraction of sp³-hybridized carbons (Fsp3) is 0.875. The van der Waals surface area contributed by atoms with Crippen molar-refractivity contribution in [1.29, 1.82) is 0 Å². The van der Waals surface area contributed by atoms with Crippen LogP contribution in [-0.4, -0.2) is 37.5 Å². The molecule has 2 fully saturated rings. The Morgan fingerprint density at radius 3 is 3.18 bits per heavy atom. The van der Waals surface area contributed by atoms with Crippen LogP contribution in [0.2, 0.25) is 0 Å². The zero-order valence-electron chi connectivity index (χ0n) is 6.84. The Kier molecular flexibility index (Phi) is 1.42. The Morgan fingerprint density at radius 1 is 1.73 bits per heavy atom. The molecule has 2 atom stereocenters. The highest BCUT2D eigenvalue weighted by atomic mass is 16.1. The maximum Gasteiger partial charge on any atom is 0.209 e. The lowest BCUT2D eigenvalue weighted by atomic mass is 9.83. The first-order valence-electron chi connectivity index (χ1n) is 4.15. The molecule has 0 bridgehead atoms. The van der Waals surface area contributed by atoms with Gasteiger partial charge in [0.15, 0.2) is 0 Å². The molecule has 11 heavy (non-hydrogen) atoms. The summed E-state index contributed by atoms with van der Waals surface area (Å²) in [5, 5.41) is 3.37. The Balaban J connectivity index is 2.12. The Morgan fingerprint density at radius 2 is 2.55 bits per heavy atom. The Hall–Kier alpha value is -0.570. The molecule has 0 aromatic carbocycles. The lowest BCUT2D eigenvalue weighted by molar-refractivity contribution is -0.117. The number of nitrogens with one attached hydrogen (secondary N) is 1. The van der Waals surface area contributed by atoms with Gasteiger partial charge < -0.3 is 10.2 Å². The third-order valence-electron chi connectivity index (χ3n) is 3.07. The number of amides is 1. The minimum Gasteiger partial charge on any atom is -0.344 e. The van der Waals surface area contributed by atoms with Crippen molar-refractivity contribution in [2.45, 2.75) is 6.92 Å². The van der Waals surface area contributed by atoms with Gasteiger partial charge in [-0.2, -0.15) is 0 Å². The summed E-state index contributed by atoms with van der Waals surface area (Å²) in [6, 6.07) is 0. The second-order valence-corrected chi connectivity index (χ2v) is 4.02. The highest BCUT2D eigenvalue weighted by Crippen LogP contribution is 2.37. The molecule has 2 heterocycles. The van der Waals surface area contributed by atoms with E-state index in [0.717, 1.165) is 32.6 Å². The minimum atomic E-state index is 0.362. The first-order valence-corrected chi connectivity index (χ1v) is 4.15. The van der Waals surface area contributed by atoms with Gasteiger partial charge in [0.2, 0.25) is 6.41 Å². The van der Waals surface area contributed by atoms with E-state index in [2.05, 4.69) is 12.2 Å². The van der Waals surface area contributed by atoms with Crippen molar-refractivity contribution in [3.8, 4) is 0 Å². The number of nitrogens with zero attached hydrogens (tertiary/aromatic N) is 1. The summed E-state index contributed by atoms with van der Waals surface area (Å²) >= 11 is 0. The highest BCUT2D eigenvalue weighted by molar-refractivity contribution is 5.48. The first kappa shape index (κ1) is 7.10. The minimum absolute atomic E-state index is 0.362. The standard InChI is InChI=1S/C8H14N2O/c1-8-4-9-2-7(8)3-10(5-8)6-11/h6-7,9H,2-5H2,1H3/t7-,8+/m0/s1. The van der Waals surface area contributed by atoms with Crippen molar-refractivity contribution in [1.82, 2.24) is 10.2 Å². The summed E-state index contributed by atoms with van der Waals surface area (Å²) in [4.78, 5) is 12.4. The molecule has 2 aliphatic heterocycles. The number of hydrogen-bond donors (Lipinski definition) is 1. The van der Waals surface area contributed by atoms with Crippen molar-refractivity contribution in [3.63, 3.8) is 0 Å². The van der Waals surface area contributed by atoms with E-state index in [1.807, 2.05) is 4.90 Å². The molecule has 1 amide bonds. The van der Waals surface area contributed by atoms with Gasteiger partial charge >= 0.3 is 0 Å². The van der Waals surface area contributed by atoms with Crippen LogP contribution in [0.25, 0.3) is 0 Å². The highest BCUT2D eigenvalue weighted by Gasteiger charge is 2.45. The van der Waals surface area contributed by atoms with Crippen LogP contribution >= 0.6 is 0 Å². The van der Waals surface area contributed by atoms with Gasteiger partial charge in [-0.05, 0) is 5.92 Å². The summed E-state index contributed by atoms with van der Waals surface area (Å²) in [6.45, 7) is 6.31. The molecule has 1 N–H and O–H groups in total. The number of likely N-dealkylation sites (tertiary alicyclic amines) is 1. The molecule has 62 valence electrons. The first-order chi connectivity index (χ1) is 5.24. The van der Waals surface area contributed by atoms with Crippen LogP contribution in [0, 0.1) is 11.3 Å². The smallest absolute Gasteiger partial charge is 0.209 e. The zero-order chi connectivity index (χ0) is 7.90. The second-order valence-electron chi connectivity index (χ2n) is 4.02. The number of fused-ring (bicyclic) bond motifs is 1. The van der Waals surface area contributed by atoms with E-state index in [0.29, 0.717) is 11.3 Å². The maximum absolute atomic E-state index is 10.5. The normalized spacial score (nSPS) is 42.6. The van der Waals surface area contributed by atoms with Crippen molar-refractivity contribution < 1.29 is 4.79 Å². The van der Waals surface area contributed by atoms with Crippen molar-refractivity contribution in [2.75, 3.05) is 26.2 Å². The van der Waals surface area contributed by atoms with Gasteiger partial charge in [-0.15, -0.1) is 0 Å². The quantitative estimate of drug-likeness (QED) is 0.525. The Bertz CT molecular complexity index is 183. The second kappa shape index (κ2) is 2.21. The van der Waals surface area contributed by atoms with Gasteiger partial charge in [-0.3, -0.25) is 4.79 Å². The molecular formula is C8H14N2O. The van der Waals surface area contributed by atoms with Crippen LogP contribution in [0.3, 0.4) is 0 Å². The SMILES string of the molecule is C[C@]12CNC[C@H]1CN(C=O)C2. The number of rotatable bonds is 1. The number of hydrogen-bond acceptors (Lipinski definition) is 2. The zero-order valence-corrected chi connectivity index (χ0v) is 6.84. The van der Waals surface area contributed by atoms with Crippen LogP contribution in [0.15, 0.2) is 0 Å². The fourth-order valence-electron chi connectivity index (χ4n) is 2.28. The van der Waals surface area contributed by atoms with Crippen LogP contribution in [0.1, 0.15) is 6.92 Å². The van der Waals surface area contributed by atoms with E-state index < -0.39 is 0 Å². The molecule has 2 rings (SSSR count). The van der Waals surface area contributed by atoms with E-state index in [9.17, 15) is 4.79 Å². The number of carbonyl (C=O) groups is 1. The van der Waals surface area contributed by atoms with Gasteiger partial charge in [-0.25, -0.2) is 0 Å². The van der Waals surface area contributed by atoms with E-state index in [4.69, 9.17) is 0 Å². The van der Waals surface area contributed by atoms with Gasteiger partial charge in [0.25, 0.3) is 0 Å². The monoisotopic (exact) mass is 154 g/mol. The average Bonchev–Trinajstić information content (AvgIpc) is 2.42. The van der Waals surface area contributed by atoms with Gasteiger partial charge in [0.1, 0.15) is 0 Å². The molecule has 3 nitrogen and oxygen atoms in total. The maximum atomic E-state index is 10.5. The molecule has 3 heteroatoms. The third-order valence-corrected chi connectivity index (χ3v) is 3.07. The molecule has 0 saturated carbocycles. The predicted octanol–water partition coefficient (Wildman–Crippen LogP) is -0.316. The molecule has 0 aromatic rings. The molecule has 2 saturated heterocycles. The van der Waals surface area contributed by atoms with Crippen LogP contribution < -0.4 is 5.32 Å². The van der Waals surface area contributed by atoms with Gasteiger partial charge in [0.05, 0.1) is 0 Å². The van der Waals surface area contributed by atoms with Crippen molar-refractivity contribution >= 4 is 6.41 Å². The van der Waals surface area contributed by atoms with Crippen LogP contribution in [0.5, 0.6) is 0 Å². The summed E-state index contributed by atoms with van der Waals surface area (Å²) in [5.74, 6) is 0.688. The van der Waals surface area contributed by atoms with E-state index in [-0.39, 0.29) is 0 Å². The molecule has 0 spiro atoms. The summed E-state index contributed by atoms with van der Waals surface area (Å²) < 4.78 is 0. The lowest BCUT2D eigenvalue weighted by Gasteiger charge is -2.20. The van der Waals surface area contributed by atoms with Crippen LogP contribution in [-0.2, 0) is 4.79 Å². The van der Waals surface area contributed by atoms with Crippen molar-refractivity contribution in [2.24, 2.45) is 11.3 Å². The van der Waals surface area contributed by atoms with Gasteiger partial charge in [0, 0.05) is 31.6 Å². The molecule has 0 unspecified atom stereocenters. The van der Waals surface area contributed by atoms with E-state index in [1.165, 1.54) is 0 Å². The molecule has 0 aromatic heterocycles. The number of carbonyl (C=O) groups excluding carboxylic acids is 1. The van der Waals surface area contributed by atoms with Crippen molar-refractivity contribution in [3.05, 3.63) is 0 Å². The van der Waals surface area contributed by atoms with Gasteiger partial charge in [-0.1, -0.05) is 6.92 Å². The topological polar surface area (TPSA) is 32.3 Å². The van der Waals surface area contributed by atoms with E-state index in [1.54, 1.807) is 0 Å². The molecular weight excluding hydrogens is 140 g/mol. The third kappa shape index (κ3) is 0.948. The fourth-order valence-corrected chi connectivity index (χ4v) is 2.28. The molecule has 0 radical (unpaired) electrons. The molecule has 2 aliphatic rings. The lowest BCUT2D eigenvalue weighted by Crippen LogP contribution is -2.29. The van der Waals surface area contributed by atoms with E-state index >= 15 is 0 Å². The summed E-state index contributed by atoms with van der Waals surface area (Å²) in [5.41, 5.74) is 0.362. The summed E-state index contributed by atoms with van der Waals surface area (Å²) in [7, 11) is 0.